The maximum Gasteiger partial charge on any atom is 0.122 e. The van der Waals surface area contributed by atoms with E-state index in [1.165, 1.54) is 11.1 Å². The number of halogens is 1. The molecule has 0 radical (unpaired) electrons. The molecule has 2 nitrogen and oxygen atoms in total. The van der Waals surface area contributed by atoms with E-state index in [-0.39, 0.29) is 6.10 Å². The van der Waals surface area contributed by atoms with E-state index >= 15 is 0 Å². The topological polar surface area (TPSA) is 29.5 Å². The third-order valence-electron chi connectivity index (χ3n) is 3.09. The summed E-state index contributed by atoms with van der Waals surface area (Å²) in [7, 11) is 1.69. The lowest BCUT2D eigenvalue weighted by molar-refractivity contribution is 0.202. The standard InChI is InChI=1S/C14H17BrO2/c1-17-14-6-5-12(15)9-11(14)7-10-3-2-4-13(16)8-10/h5-6,8-9,13,16H,2-4,7H2,1H3. The molecule has 1 unspecified atom stereocenters. The van der Waals surface area contributed by atoms with Crippen molar-refractivity contribution in [2.45, 2.75) is 31.8 Å². The third kappa shape index (κ3) is 3.33. The number of benzene rings is 1. The van der Waals surface area contributed by atoms with Gasteiger partial charge in [-0.2, -0.15) is 0 Å². The summed E-state index contributed by atoms with van der Waals surface area (Å²) >= 11 is 3.48. The largest absolute Gasteiger partial charge is 0.496 e. The van der Waals surface area contributed by atoms with Gasteiger partial charge in [0.05, 0.1) is 13.2 Å². The number of hydrogen-bond donors (Lipinski definition) is 1. The average Bonchev–Trinajstić information content (AvgIpc) is 2.29. The quantitative estimate of drug-likeness (QED) is 0.866. The molecule has 0 bridgehead atoms. The molecule has 0 fully saturated rings. The molecule has 0 spiro atoms. The monoisotopic (exact) mass is 296 g/mol. The number of aliphatic hydroxyl groups is 1. The summed E-state index contributed by atoms with van der Waals surface area (Å²) in [6, 6.07) is 6.03. The Morgan fingerprint density at radius 3 is 3.00 bits per heavy atom. The lowest BCUT2D eigenvalue weighted by Crippen LogP contribution is -2.10. The van der Waals surface area contributed by atoms with Crippen molar-refractivity contribution in [1.82, 2.24) is 0 Å². The van der Waals surface area contributed by atoms with Gasteiger partial charge in [-0.05, 0) is 49.4 Å². The molecule has 1 aliphatic rings. The predicted octanol–water partition coefficient (Wildman–Crippen LogP) is 3.47. The van der Waals surface area contributed by atoms with Crippen LogP contribution in [0.1, 0.15) is 24.8 Å². The second kappa shape index (κ2) is 5.69. The summed E-state index contributed by atoms with van der Waals surface area (Å²) in [5.74, 6) is 0.911. The van der Waals surface area contributed by atoms with Gasteiger partial charge in [0.25, 0.3) is 0 Å². The minimum absolute atomic E-state index is 0.267. The predicted molar refractivity (Wildman–Crippen MR) is 72.3 cm³/mol. The van der Waals surface area contributed by atoms with Crippen LogP contribution in [0.3, 0.4) is 0 Å². The van der Waals surface area contributed by atoms with Gasteiger partial charge >= 0.3 is 0 Å². The molecule has 2 rings (SSSR count). The van der Waals surface area contributed by atoms with Crippen LogP contribution in [0, 0.1) is 0 Å². The first-order chi connectivity index (χ1) is 8.19. The smallest absolute Gasteiger partial charge is 0.122 e. The van der Waals surface area contributed by atoms with Crippen molar-refractivity contribution < 1.29 is 9.84 Å². The molecule has 17 heavy (non-hydrogen) atoms. The van der Waals surface area contributed by atoms with Crippen LogP contribution in [0.4, 0.5) is 0 Å². The highest BCUT2D eigenvalue weighted by atomic mass is 79.9. The Morgan fingerprint density at radius 2 is 2.29 bits per heavy atom. The van der Waals surface area contributed by atoms with Crippen LogP contribution in [0.2, 0.25) is 0 Å². The van der Waals surface area contributed by atoms with E-state index in [0.717, 1.165) is 35.9 Å². The van der Waals surface area contributed by atoms with E-state index in [1.54, 1.807) is 7.11 Å². The van der Waals surface area contributed by atoms with Gasteiger partial charge in [-0.25, -0.2) is 0 Å². The molecule has 3 heteroatoms. The molecule has 0 amide bonds. The van der Waals surface area contributed by atoms with Gasteiger partial charge in [0.2, 0.25) is 0 Å². The summed E-state index contributed by atoms with van der Waals surface area (Å²) < 4.78 is 6.42. The molecule has 0 aliphatic heterocycles. The molecule has 1 aromatic rings. The Balaban J connectivity index is 2.20. The Hall–Kier alpha value is -0.800. The first-order valence-corrected chi connectivity index (χ1v) is 6.68. The first-order valence-electron chi connectivity index (χ1n) is 5.89. The Kier molecular flexibility index (Phi) is 4.24. The van der Waals surface area contributed by atoms with E-state index in [4.69, 9.17) is 4.74 Å². The maximum absolute atomic E-state index is 9.62. The first kappa shape index (κ1) is 12.7. The van der Waals surface area contributed by atoms with Crippen molar-refractivity contribution in [2.75, 3.05) is 7.11 Å². The second-order valence-corrected chi connectivity index (χ2v) is 5.33. The van der Waals surface area contributed by atoms with Crippen molar-refractivity contribution in [3.05, 3.63) is 39.9 Å². The van der Waals surface area contributed by atoms with E-state index in [1.807, 2.05) is 18.2 Å². The summed E-state index contributed by atoms with van der Waals surface area (Å²) in [6.45, 7) is 0. The fourth-order valence-corrected chi connectivity index (χ4v) is 2.66. The van der Waals surface area contributed by atoms with Crippen molar-refractivity contribution in [3.8, 4) is 5.75 Å². The zero-order chi connectivity index (χ0) is 12.3. The number of hydrogen-bond acceptors (Lipinski definition) is 2. The van der Waals surface area contributed by atoms with E-state index in [0.29, 0.717) is 0 Å². The van der Waals surface area contributed by atoms with Gasteiger partial charge in [0.1, 0.15) is 5.75 Å². The van der Waals surface area contributed by atoms with Gasteiger partial charge in [0, 0.05) is 4.47 Å². The third-order valence-corrected chi connectivity index (χ3v) is 3.58. The lowest BCUT2D eigenvalue weighted by atomic mass is 9.92. The van der Waals surface area contributed by atoms with E-state index in [9.17, 15) is 5.11 Å². The molecule has 1 aromatic carbocycles. The van der Waals surface area contributed by atoms with Gasteiger partial charge < -0.3 is 9.84 Å². The minimum atomic E-state index is -0.267. The van der Waals surface area contributed by atoms with Crippen LogP contribution in [-0.4, -0.2) is 18.3 Å². The summed E-state index contributed by atoms with van der Waals surface area (Å²) in [6.07, 6.45) is 5.62. The number of methoxy groups -OCH3 is 1. The fourth-order valence-electron chi connectivity index (χ4n) is 2.25. The van der Waals surface area contributed by atoms with Gasteiger partial charge in [-0.15, -0.1) is 0 Å². The van der Waals surface area contributed by atoms with Crippen LogP contribution < -0.4 is 4.74 Å². The molecule has 92 valence electrons. The fraction of sp³-hybridized carbons (Fsp3) is 0.429. The minimum Gasteiger partial charge on any atom is -0.496 e. The average molecular weight is 297 g/mol. The van der Waals surface area contributed by atoms with Gasteiger partial charge in [-0.3, -0.25) is 0 Å². The number of ether oxygens (including phenoxy) is 1. The van der Waals surface area contributed by atoms with Crippen molar-refractivity contribution in [1.29, 1.82) is 0 Å². The highest BCUT2D eigenvalue weighted by Crippen LogP contribution is 2.28. The van der Waals surface area contributed by atoms with Gasteiger partial charge in [-0.1, -0.05) is 27.6 Å². The van der Waals surface area contributed by atoms with Crippen LogP contribution >= 0.6 is 15.9 Å². The zero-order valence-electron chi connectivity index (χ0n) is 9.95. The zero-order valence-corrected chi connectivity index (χ0v) is 11.5. The number of allylic oxidation sites excluding steroid dienone is 1. The Morgan fingerprint density at radius 1 is 1.47 bits per heavy atom. The van der Waals surface area contributed by atoms with Crippen LogP contribution in [0.15, 0.2) is 34.3 Å². The highest BCUT2D eigenvalue weighted by Gasteiger charge is 2.13. The lowest BCUT2D eigenvalue weighted by Gasteiger charge is -2.18. The molecule has 1 aliphatic carbocycles. The Labute approximate surface area is 110 Å². The second-order valence-electron chi connectivity index (χ2n) is 4.42. The molecule has 0 saturated carbocycles. The van der Waals surface area contributed by atoms with E-state index < -0.39 is 0 Å². The number of rotatable bonds is 3. The SMILES string of the molecule is COc1ccc(Br)cc1CC1=CC(O)CCC1. The van der Waals surface area contributed by atoms with Crippen LogP contribution in [0.25, 0.3) is 0 Å². The van der Waals surface area contributed by atoms with Crippen LogP contribution in [-0.2, 0) is 6.42 Å². The van der Waals surface area contributed by atoms with E-state index in [2.05, 4.69) is 22.0 Å². The number of aliphatic hydroxyl groups excluding tert-OH is 1. The molecule has 1 N–H and O–H groups in total. The molecule has 0 aromatic heterocycles. The maximum atomic E-state index is 9.62. The van der Waals surface area contributed by atoms with Gasteiger partial charge in [0.15, 0.2) is 0 Å². The summed E-state index contributed by atoms with van der Waals surface area (Å²) in [5.41, 5.74) is 2.47. The van der Waals surface area contributed by atoms with Crippen molar-refractivity contribution >= 4 is 15.9 Å². The van der Waals surface area contributed by atoms with Crippen molar-refractivity contribution in [3.63, 3.8) is 0 Å². The van der Waals surface area contributed by atoms with Crippen molar-refractivity contribution in [2.24, 2.45) is 0 Å². The Bertz CT molecular complexity index is 426. The van der Waals surface area contributed by atoms with Crippen LogP contribution in [0.5, 0.6) is 5.75 Å². The summed E-state index contributed by atoms with van der Waals surface area (Å²) in [5, 5.41) is 9.62. The molecule has 0 heterocycles. The molecular weight excluding hydrogens is 280 g/mol. The highest BCUT2D eigenvalue weighted by molar-refractivity contribution is 9.10. The normalized spacial score (nSPS) is 19.9. The molecule has 0 saturated heterocycles. The molecule has 1 atom stereocenters. The summed E-state index contributed by atoms with van der Waals surface area (Å²) in [4.78, 5) is 0. The molecular formula is C14H17BrO2.